The molecule has 3 aromatic rings. The number of ketones is 1. The van der Waals surface area contributed by atoms with E-state index in [1.54, 1.807) is 24.3 Å². The molecule has 0 bridgehead atoms. The predicted octanol–water partition coefficient (Wildman–Crippen LogP) is 6.53. The Balaban J connectivity index is 1.84. The summed E-state index contributed by atoms with van der Waals surface area (Å²) in [6.45, 7) is 5.85. The molecule has 0 amide bonds. The van der Waals surface area contributed by atoms with Crippen LogP contribution in [0.5, 0.6) is 5.75 Å². The van der Waals surface area contributed by atoms with E-state index in [4.69, 9.17) is 9.84 Å². The number of carbonyl (C=O) groups excluding carboxylic acids is 1. The van der Waals surface area contributed by atoms with E-state index in [2.05, 4.69) is 4.98 Å². The van der Waals surface area contributed by atoms with Gasteiger partial charge in [-0.25, -0.2) is 4.98 Å². The smallest absolute Gasteiger partial charge is 0.416 e. The number of benzene rings is 2. The zero-order chi connectivity index (χ0) is 24.2. The molecule has 2 aromatic carbocycles. The van der Waals surface area contributed by atoms with Crippen LogP contribution in [0, 0.1) is 6.92 Å². The molecule has 0 radical (unpaired) electrons. The third-order valence-corrected chi connectivity index (χ3v) is 5.97. The van der Waals surface area contributed by atoms with Crippen molar-refractivity contribution in [3.05, 3.63) is 75.8 Å². The van der Waals surface area contributed by atoms with Crippen LogP contribution in [-0.2, 0) is 6.18 Å². The number of alkyl halides is 3. The minimum atomic E-state index is -4.39. The Morgan fingerprint density at radius 1 is 1.18 bits per heavy atom. The highest BCUT2D eigenvalue weighted by Crippen LogP contribution is 2.35. The number of aryl methyl sites for hydroxylation is 1. The maximum Gasteiger partial charge on any atom is 0.416 e. The molecular formula is C25H24F3NO3S. The molecule has 0 aliphatic rings. The van der Waals surface area contributed by atoms with Crippen molar-refractivity contribution in [2.24, 2.45) is 0 Å². The van der Waals surface area contributed by atoms with Crippen LogP contribution in [0.25, 0.3) is 16.6 Å². The monoisotopic (exact) mass is 475 g/mol. The van der Waals surface area contributed by atoms with Crippen molar-refractivity contribution in [2.75, 3.05) is 13.2 Å². The van der Waals surface area contributed by atoms with Gasteiger partial charge in [0.2, 0.25) is 0 Å². The highest BCUT2D eigenvalue weighted by molar-refractivity contribution is 7.16. The molecule has 1 aromatic heterocycles. The van der Waals surface area contributed by atoms with Crippen LogP contribution in [0.15, 0.2) is 48.5 Å². The Labute approximate surface area is 194 Å². The maximum atomic E-state index is 12.8. The first-order chi connectivity index (χ1) is 15.6. The standard InChI is InChI=1S/C25H24F3NO3S/c1-15(2)23-22(33-24(29-23)17-4-7-19(8-5-17)25(26,27)28)11-9-20(31)18-6-10-21(16(3)14-18)32-13-12-30/h4-11,14-15,30H,12-13H2,1-3H3. The Kier molecular flexibility index (Phi) is 7.71. The molecule has 0 fully saturated rings. The van der Waals surface area contributed by atoms with Crippen LogP contribution >= 0.6 is 11.3 Å². The van der Waals surface area contributed by atoms with Crippen molar-refractivity contribution >= 4 is 23.2 Å². The first-order valence-corrected chi connectivity index (χ1v) is 11.2. The van der Waals surface area contributed by atoms with Gasteiger partial charge in [0, 0.05) is 11.1 Å². The highest BCUT2D eigenvalue weighted by Gasteiger charge is 2.30. The van der Waals surface area contributed by atoms with Crippen molar-refractivity contribution in [1.29, 1.82) is 0 Å². The molecular weight excluding hydrogens is 451 g/mol. The van der Waals surface area contributed by atoms with E-state index in [1.807, 2.05) is 20.8 Å². The van der Waals surface area contributed by atoms with E-state index in [1.165, 1.54) is 29.5 Å². The summed E-state index contributed by atoms with van der Waals surface area (Å²) in [5.41, 5.74) is 1.95. The third kappa shape index (κ3) is 6.09. The lowest BCUT2D eigenvalue weighted by atomic mass is 10.1. The van der Waals surface area contributed by atoms with E-state index >= 15 is 0 Å². The normalized spacial score (nSPS) is 12.0. The van der Waals surface area contributed by atoms with Gasteiger partial charge < -0.3 is 9.84 Å². The van der Waals surface area contributed by atoms with Gasteiger partial charge in [-0.05, 0) is 60.9 Å². The van der Waals surface area contributed by atoms with Crippen LogP contribution in [-0.4, -0.2) is 29.1 Å². The van der Waals surface area contributed by atoms with Crippen LogP contribution < -0.4 is 4.74 Å². The number of allylic oxidation sites excluding steroid dienone is 1. The molecule has 0 saturated heterocycles. The fourth-order valence-electron chi connectivity index (χ4n) is 3.17. The molecule has 0 saturated carbocycles. The Bertz CT molecular complexity index is 1150. The molecule has 0 unspecified atom stereocenters. The molecule has 174 valence electrons. The Morgan fingerprint density at radius 3 is 2.45 bits per heavy atom. The summed E-state index contributed by atoms with van der Waals surface area (Å²) in [4.78, 5) is 18.1. The van der Waals surface area contributed by atoms with Gasteiger partial charge in [-0.2, -0.15) is 13.2 Å². The largest absolute Gasteiger partial charge is 0.491 e. The van der Waals surface area contributed by atoms with Crippen LogP contribution in [0.3, 0.4) is 0 Å². The van der Waals surface area contributed by atoms with E-state index in [0.717, 1.165) is 28.3 Å². The number of aliphatic hydroxyl groups excluding tert-OH is 1. The fourth-order valence-corrected chi connectivity index (χ4v) is 4.30. The minimum absolute atomic E-state index is 0.0735. The molecule has 1 heterocycles. The fraction of sp³-hybridized carbons (Fsp3) is 0.280. The second-order valence-electron chi connectivity index (χ2n) is 7.75. The topological polar surface area (TPSA) is 59.4 Å². The summed E-state index contributed by atoms with van der Waals surface area (Å²) in [5, 5.41) is 9.48. The summed E-state index contributed by atoms with van der Waals surface area (Å²) >= 11 is 1.33. The average molecular weight is 476 g/mol. The Morgan fingerprint density at radius 2 is 1.88 bits per heavy atom. The number of rotatable bonds is 8. The van der Waals surface area contributed by atoms with Gasteiger partial charge in [-0.1, -0.05) is 26.0 Å². The van der Waals surface area contributed by atoms with Crippen molar-refractivity contribution < 1.29 is 27.8 Å². The highest BCUT2D eigenvalue weighted by atomic mass is 32.1. The van der Waals surface area contributed by atoms with Crippen molar-refractivity contribution in [3.63, 3.8) is 0 Å². The molecule has 1 N–H and O–H groups in total. The number of thiazole rings is 1. The van der Waals surface area contributed by atoms with Crippen LogP contribution in [0.1, 0.15) is 51.8 Å². The van der Waals surface area contributed by atoms with Crippen LogP contribution in [0.2, 0.25) is 0 Å². The number of aromatic nitrogens is 1. The van der Waals surface area contributed by atoms with Gasteiger partial charge in [0.15, 0.2) is 5.78 Å². The molecule has 0 aliphatic heterocycles. The average Bonchev–Trinajstić information content (AvgIpc) is 3.21. The number of aliphatic hydroxyl groups is 1. The summed E-state index contributed by atoms with van der Waals surface area (Å²) in [7, 11) is 0. The third-order valence-electron chi connectivity index (χ3n) is 4.88. The Hall–Kier alpha value is -2.97. The molecule has 3 rings (SSSR count). The number of ether oxygens (including phenoxy) is 1. The number of hydrogen-bond donors (Lipinski definition) is 1. The van der Waals surface area contributed by atoms with Gasteiger partial charge in [0.25, 0.3) is 0 Å². The molecule has 8 heteroatoms. The maximum absolute atomic E-state index is 12.8. The van der Waals surface area contributed by atoms with Gasteiger partial charge in [0.05, 0.1) is 22.7 Å². The number of hydrogen-bond acceptors (Lipinski definition) is 5. The van der Waals surface area contributed by atoms with E-state index in [-0.39, 0.29) is 24.9 Å². The second-order valence-corrected chi connectivity index (χ2v) is 8.78. The zero-order valence-corrected chi connectivity index (χ0v) is 19.3. The first kappa shape index (κ1) is 24.7. The summed E-state index contributed by atoms with van der Waals surface area (Å²) in [6.07, 6.45) is -1.21. The first-order valence-electron chi connectivity index (χ1n) is 10.3. The lowest BCUT2D eigenvalue weighted by molar-refractivity contribution is -0.137. The van der Waals surface area contributed by atoms with E-state index in [0.29, 0.717) is 21.9 Å². The SMILES string of the molecule is Cc1cc(C(=O)C=Cc2sc(-c3ccc(C(F)(F)F)cc3)nc2C(C)C)ccc1OCCO. The number of halogens is 3. The zero-order valence-electron chi connectivity index (χ0n) is 18.4. The quantitative estimate of drug-likeness (QED) is 0.297. The summed E-state index contributed by atoms with van der Waals surface area (Å²) in [6, 6.07) is 9.99. The van der Waals surface area contributed by atoms with Crippen molar-refractivity contribution in [2.45, 2.75) is 32.9 Å². The van der Waals surface area contributed by atoms with Crippen LogP contribution in [0.4, 0.5) is 13.2 Å². The van der Waals surface area contributed by atoms with Crippen molar-refractivity contribution in [3.8, 4) is 16.3 Å². The molecule has 0 aliphatic carbocycles. The van der Waals surface area contributed by atoms with Gasteiger partial charge in [-0.15, -0.1) is 11.3 Å². The van der Waals surface area contributed by atoms with Crippen molar-refractivity contribution in [1.82, 2.24) is 4.98 Å². The van der Waals surface area contributed by atoms with E-state index in [9.17, 15) is 18.0 Å². The lowest BCUT2D eigenvalue weighted by Gasteiger charge is -2.08. The van der Waals surface area contributed by atoms with Gasteiger partial charge >= 0.3 is 6.18 Å². The molecule has 4 nitrogen and oxygen atoms in total. The molecule has 0 spiro atoms. The molecule has 33 heavy (non-hydrogen) atoms. The van der Waals surface area contributed by atoms with Gasteiger partial charge in [0.1, 0.15) is 17.4 Å². The minimum Gasteiger partial charge on any atom is -0.491 e. The molecule has 0 atom stereocenters. The summed E-state index contributed by atoms with van der Waals surface area (Å²) in [5.74, 6) is 0.491. The predicted molar refractivity (Wildman–Crippen MR) is 124 cm³/mol. The number of nitrogens with zero attached hydrogens (tertiary/aromatic N) is 1. The number of carbonyl (C=O) groups is 1. The lowest BCUT2D eigenvalue weighted by Crippen LogP contribution is -2.04. The summed E-state index contributed by atoms with van der Waals surface area (Å²) < 4.78 is 43.9. The van der Waals surface area contributed by atoms with Gasteiger partial charge in [-0.3, -0.25) is 4.79 Å². The second kappa shape index (κ2) is 10.3. The van der Waals surface area contributed by atoms with E-state index < -0.39 is 11.7 Å².